The maximum Gasteiger partial charge on any atom is 0.321 e. The maximum absolute atomic E-state index is 12.0. The number of H-pyrrole nitrogens is 1. The third kappa shape index (κ3) is 4.80. The van der Waals surface area contributed by atoms with E-state index >= 15 is 0 Å². The van der Waals surface area contributed by atoms with Gasteiger partial charge in [0.15, 0.2) is 5.16 Å². The lowest BCUT2D eigenvalue weighted by atomic mass is 10.1. The largest absolute Gasteiger partial charge is 0.333 e. The second-order valence-corrected chi connectivity index (χ2v) is 8.19. The molecule has 9 heteroatoms. The number of hydrogen-bond donors (Lipinski definition) is 3. The second kappa shape index (κ2) is 6.71. The zero-order valence-corrected chi connectivity index (χ0v) is 14.9. The standard InChI is InChI=1S/C14H18N4O3S2/c1-7(9(19)15-12(21)18-14(2,3)4)23-13-16-10(20)8-5-6-22-11(8)17-13/h5-7H,1-4H3,(H,16,17,20)(H2,15,18,19,21)/t7-/m0/s1. The SMILES string of the molecule is C[C@H](Sc1nc2sccc2c(=O)[nH]1)C(=O)NC(=O)NC(C)(C)C. The van der Waals surface area contributed by atoms with Gasteiger partial charge in [-0.1, -0.05) is 11.8 Å². The van der Waals surface area contributed by atoms with Crippen molar-refractivity contribution >= 4 is 45.3 Å². The first kappa shape index (κ1) is 17.5. The lowest BCUT2D eigenvalue weighted by Crippen LogP contribution is -2.49. The highest BCUT2D eigenvalue weighted by Gasteiger charge is 2.21. The Kier molecular flexibility index (Phi) is 5.10. The first-order valence-corrected chi connectivity index (χ1v) is 8.69. The van der Waals surface area contributed by atoms with Gasteiger partial charge in [0, 0.05) is 5.54 Å². The van der Waals surface area contributed by atoms with E-state index < -0.39 is 22.7 Å². The maximum atomic E-state index is 12.0. The van der Waals surface area contributed by atoms with Gasteiger partial charge >= 0.3 is 6.03 Å². The van der Waals surface area contributed by atoms with Crippen LogP contribution in [0.25, 0.3) is 10.2 Å². The van der Waals surface area contributed by atoms with E-state index in [0.717, 1.165) is 11.8 Å². The third-order valence-corrected chi connectivity index (χ3v) is 4.49. The second-order valence-electron chi connectivity index (χ2n) is 5.96. The summed E-state index contributed by atoms with van der Waals surface area (Å²) < 4.78 is 0. The molecule has 0 bridgehead atoms. The third-order valence-electron chi connectivity index (χ3n) is 2.70. The number of aromatic nitrogens is 2. The summed E-state index contributed by atoms with van der Waals surface area (Å²) >= 11 is 2.45. The lowest BCUT2D eigenvalue weighted by Gasteiger charge is -2.21. The predicted octanol–water partition coefficient (Wildman–Crippen LogP) is 2.09. The fourth-order valence-electron chi connectivity index (χ4n) is 1.71. The molecular formula is C14H18N4O3S2. The molecule has 2 rings (SSSR count). The summed E-state index contributed by atoms with van der Waals surface area (Å²) in [6.07, 6.45) is 0. The number of aromatic amines is 1. The first-order valence-electron chi connectivity index (χ1n) is 6.93. The van der Waals surface area contributed by atoms with Gasteiger partial charge in [-0.15, -0.1) is 11.3 Å². The minimum atomic E-state index is -0.582. The Morgan fingerprint density at radius 3 is 2.74 bits per heavy atom. The van der Waals surface area contributed by atoms with Crippen molar-refractivity contribution in [1.29, 1.82) is 0 Å². The molecule has 0 unspecified atom stereocenters. The first-order chi connectivity index (χ1) is 10.7. The summed E-state index contributed by atoms with van der Waals surface area (Å²) in [5.74, 6) is -0.453. The number of thiophene rings is 1. The quantitative estimate of drug-likeness (QED) is 0.578. The van der Waals surface area contributed by atoms with Crippen LogP contribution in [0.4, 0.5) is 4.79 Å². The van der Waals surface area contributed by atoms with E-state index in [-0.39, 0.29) is 5.56 Å². The van der Waals surface area contributed by atoms with Crippen molar-refractivity contribution in [3.8, 4) is 0 Å². The molecule has 0 radical (unpaired) electrons. The summed E-state index contributed by atoms with van der Waals surface area (Å²) in [6.45, 7) is 7.10. The van der Waals surface area contributed by atoms with E-state index in [1.54, 1.807) is 18.4 Å². The molecule has 2 aromatic heterocycles. The number of imide groups is 1. The molecule has 3 amide bonds. The number of hydrogen-bond acceptors (Lipinski definition) is 6. The summed E-state index contributed by atoms with van der Waals surface area (Å²) in [4.78, 5) is 43.2. The number of amides is 3. The minimum absolute atomic E-state index is 0.239. The monoisotopic (exact) mass is 354 g/mol. The Bertz CT molecular complexity index is 791. The fraction of sp³-hybridized carbons (Fsp3) is 0.429. The van der Waals surface area contributed by atoms with Crippen molar-refractivity contribution in [2.24, 2.45) is 0 Å². The smallest absolute Gasteiger partial charge is 0.321 e. The fourth-order valence-corrected chi connectivity index (χ4v) is 3.33. The topological polar surface area (TPSA) is 104 Å². The van der Waals surface area contributed by atoms with E-state index in [2.05, 4.69) is 20.6 Å². The van der Waals surface area contributed by atoms with Gasteiger partial charge < -0.3 is 10.3 Å². The Morgan fingerprint density at radius 1 is 1.39 bits per heavy atom. The van der Waals surface area contributed by atoms with Gasteiger partial charge in [-0.25, -0.2) is 9.78 Å². The molecule has 2 heterocycles. The van der Waals surface area contributed by atoms with Gasteiger partial charge in [0.2, 0.25) is 5.91 Å². The van der Waals surface area contributed by atoms with Crippen LogP contribution in [0.3, 0.4) is 0 Å². The Labute approximate surface area is 141 Å². The molecule has 3 N–H and O–H groups in total. The van der Waals surface area contributed by atoms with Crippen LogP contribution in [0.15, 0.2) is 21.4 Å². The van der Waals surface area contributed by atoms with Crippen LogP contribution >= 0.6 is 23.1 Å². The molecule has 0 aliphatic rings. The van der Waals surface area contributed by atoms with E-state index in [4.69, 9.17) is 0 Å². The molecule has 0 aromatic carbocycles. The number of carbonyl (C=O) groups excluding carboxylic acids is 2. The van der Waals surface area contributed by atoms with Crippen LogP contribution in [0, 0.1) is 0 Å². The number of nitrogens with zero attached hydrogens (tertiary/aromatic N) is 1. The average Bonchev–Trinajstić information content (AvgIpc) is 2.84. The van der Waals surface area contributed by atoms with Crippen LogP contribution in [0.5, 0.6) is 0 Å². The molecule has 1 atom stereocenters. The van der Waals surface area contributed by atoms with Crippen LogP contribution in [0.1, 0.15) is 27.7 Å². The van der Waals surface area contributed by atoms with Gasteiger partial charge in [-0.3, -0.25) is 14.9 Å². The Morgan fingerprint density at radius 2 is 2.09 bits per heavy atom. The molecule has 0 fully saturated rings. The number of fused-ring (bicyclic) bond motifs is 1. The molecular weight excluding hydrogens is 336 g/mol. The average molecular weight is 354 g/mol. The van der Waals surface area contributed by atoms with Crippen molar-refractivity contribution in [1.82, 2.24) is 20.6 Å². The van der Waals surface area contributed by atoms with Crippen molar-refractivity contribution in [3.63, 3.8) is 0 Å². The highest BCUT2D eigenvalue weighted by atomic mass is 32.2. The van der Waals surface area contributed by atoms with Gasteiger partial charge in [-0.05, 0) is 39.1 Å². The number of carbonyl (C=O) groups is 2. The van der Waals surface area contributed by atoms with Crippen LogP contribution in [0.2, 0.25) is 0 Å². The van der Waals surface area contributed by atoms with Crippen molar-refractivity contribution in [2.45, 2.75) is 43.6 Å². The van der Waals surface area contributed by atoms with E-state index in [9.17, 15) is 14.4 Å². The van der Waals surface area contributed by atoms with Gasteiger partial charge in [0.05, 0.1) is 10.6 Å². The van der Waals surface area contributed by atoms with Gasteiger partial charge in [0.25, 0.3) is 5.56 Å². The van der Waals surface area contributed by atoms with Gasteiger partial charge in [0.1, 0.15) is 4.83 Å². The van der Waals surface area contributed by atoms with Gasteiger partial charge in [-0.2, -0.15) is 0 Å². The van der Waals surface area contributed by atoms with Crippen LogP contribution < -0.4 is 16.2 Å². The summed E-state index contributed by atoms with van der Waals surface area (Å²) in [6, 6.07) is 1.15. The molecule has 0 saturated heterocycles. The zero-order valence-electron chi connectivity index (χ0n) is 13.2. The van der Waals surface area contributed by atoms with Crippen LogP contribution in [-0.2, 0) is 4.79 Å². The Hall–Kier alpha value is -1.87. The predicted molar refractivity (Wildman–Crippen MR) is 92.0 cm³/mol. The highest BCUT2D eigenvalue weighted by Crippen LogP contribution is 2.22. The van der Waals surface area contributed by atoms with Crippen molar-refractivity contribution in [2.75, 3.05) is 0 Å². The summed E-state index contributed by atoms with van der Waals surface area (Å²) in [7, 11) is 0. The molecule has 124 valence electrons. The van der Waals surface area contributed by atoms with Crippen molar-refractivity contribution < 1.29 is 9.59 Å². The van der Waals surface area contributed by atoms with E-state index in [1.165, 1.54) is 11.3 Å². The molecule has 0 spiro atoms. The molecule has 2 aromatic rings. The van der Waals surface area contributed by atoms with Crippen LogP contribution in [-0.4, -0.2) is 32.7 Å². The Balaban J connectivity index is 2.02. The number of rotatable bonds is 3. The lowest BCUT2D eigenvalue weighted by molar-refractivity contribution is -0.119. The minimum Gasteiger partial charge on any atom is -0.333 e. The number of urea groups is 1. The summed E-state index contributed by atoms with van der Waals surface area (Å²) in [5.41, 5.74) is -0.672. The molecule has 0 aliphatic heterocycles. The molecule has 0 saturated carbocycles. The van der Waals surface area contributed by atoms with Crippen molar-refractivity contribution in [3.05, 3.63) is 21.8 Å². The molecule has 0 aliphatic carbocycles. The highest BCUT2D eigenvalue weighted by molar-refractivity contribution is 8.00. The normalized spacial score (nSPS) is 12.9. The van der Waals surface area contributed by atoms with E-state index in [1.807, 2.05) is 20.8 Å². The van der Waals surface area contributed by atoms with E-state index in [0.29, 0.717) is 15.4 Å². The zero-order chi connectivity index (χ0) is 17.2. The molecule has 7 nitrogen and oxygen atoms in total. The number of nitrogens with one attached hydrogen (secondary N) is 3. The molecule has 23 heavy (non-hydrogen) atoms. The number of thioether (sulfide) groups is 1. The summed E-state index contributed by atoms with van der Waals surface area (Å²) in [5, 5.41) is 7.01.